The van der Waals surface area contributed by atoms with Gasteiger partial charge in [0.15, 0.2) is 0 Å². The summed E-state index contributed by atoms with van der Waals surface area (Å²) in [5, 5.41) is 9.61. The van der Waals surface area contributed by atoms with Crippen LogP contribution in [-0.2, 0) is 38.4 Å². The SMILES string of the molecule is O=C(CN1CC[C@@H]2NC(=O)[C@H](Cc3ccccc3)NC(=O)C3(C/C=C/C[C@H]2C1)CCOCC3)Nc1ccc2c(c1)CCCC2. The van der Waals surface area contributed by atoms with Crippen molar-refractivity contribution in [1.29, 1.82) is 0 Å². The van der Waals surface area contributed by atoms with Gasteiger partial charge in [0, 0.05) is 44.5 Å². The molecule has 0 radical (unpaired) electrons. The lowest BCUT2D eigenvalue weighted by Crippen LogP contribution is -2.58. The van der Waals surface area contributed by atoms with E-state index in [1.54, 1.807) is 0 Å². The molecule has 0 unspecified atom stereocenters. The minimum absolute atomic E-state index is 0.000891. The van der Waals surface area contributed by atoms with Crippen LogP contribution in [0.1, 0.15) is 61.6 Å². The first-order chi connectivity index (χ1) is 21.5. The highest BCUT2D eigenvalue weighted by molar-refractivity contribution is 5.92. The van der Waals surface area contributed by atoms with Crippen LogP contribution in [0, 0.1) is 11.3 Å². The molecular weight excluding hydrogens is 552 g/mol. The molecule has 2 saturated heterocycles. The first-order valence-electron chi connectivity index (χ1n) is 16.5. The van der Waals surface area contributed by atoms with Crippen LogP contribution in [0.3, 0.4) is 0 Å². The van der Waals surface area contributed by atoms with Crippen LogP contribution in [0.2, 0.25) is 0 Å². The van der Waals surface area contributed by atoms with E-state index in [1.807, 2.05) is 36.4 Å². The highest BCUT2D eigenvalue weighted by Gasteiger charge is 2.41. The standard InChI is InChI=1S/C36H46N4O4/c41-33(37-30-14-13-27-10-4-5-11-28(27)23-30)25-40-19-15-31-29(24-40)12-6-7-16-36(17-20-44-21-18-36)35(43)39-32(34(42)38-31)22-26-8-2-1-3-9-26/h1-3,6-9,13-14,23,29,31-32H,4-5,10-12,15-22,24-25H2,(H,37,41)(H,38,42)(H,39,43)/b7-6+/t29-,31-,32-/m0/s1. The summed E-state index contributed by atoms with van der Waals surface area (Å²) < 4.78 is 5.62. The minimum Gasteiger partial charge on any atom is -0.381 e. The van der Waals surface area contributed by atoms with Gasteiger partial charge < -0.3 is 20.7 Å². The quantitative estimate of drug-likeness (QED) is 0.449. The van der Waals surface area contributed by atoms with Crippen LogP contribution in [-0.4, -0.2) is 67.6 Å². The fraction of sp³-hybridized carbons (Fsp3) is 0.528. The number of hydrogen-bond donors (Lipinski definition) is 3. The number of nitrogens with one attached hydrogen (secondary N) is 3. The lowest BCUT2D eigenvalue weighted by atomic mass is 9.75. The largest absolute Gasteiger partial charge is 0.381 e. The number of benzene rings is 2. The molecule has 234 valence electrons. The normalized spacial score (nSPS) is 26.6. The van der Waals surface area contributed by atoms with Gasteiger partial charge in [-0.05, 0) is 92.5 Å². The van der Waals surface area contributed by atoms with E-state index in [0.717, 1.165) is 50.0 Å². The number of likely N-dealkylation sites (tertiary alicyclic amines) is 1. The summed E-state index contributed by atoms with van der Waals surface area (Å²) in [5.74, 6) is -0.0290. The highest BCUT2D eigenvalue weighted by Crippen LogP contribution is 2.36. The van der Waals surface area contributed by atoms with Crippen molar-refractivity contribution in [2.75, 3.05) is 38.2 Å². The Bertz CT molecular complexity index is 1350. The van der Waals surface area contributed by atoms with Gasteiger partial charge in [-0.2, -0.15) is 0 Å². The number of nitrogens with zero attached hydrogens (tertiary/aromatic N) is 1. The highest BCUT2D eigenvalue weighted by atomic mass is 16.5. The zero-order valence-electron chi connectivity index (χ0n) is 25.7. The second-order valence-electron chi connectivity index (χ2n) is 13.2. The third-order valence-corrected chi connectivity index (χ3v) is 10.1. The Balaban J connectivity index is 1.15. The van der Waals surface area contributed by atoms with Gasteiger partial charge in [0.25, 0.3) is 0 Å². The molecule has 2 aromatic rings. The summed E-state index contributed by atoms with van der Waals surface area (Å²) in [6.45, 7) is 2.87. The maximum absolute atomic E-state index is 13.8. The van der Waals surface area contributed by atoms with E-state index in [-0.39, 0.29) is 29.7 Å². The number of rotatable bonds is 5. The Morgan fingerprint density at radius 3 is 2.59 bits per heavy atom. The monoisotopic (exact) mass is 598 g/mol. The van der Waals surface area contributed by atoms with Crippen molar-refractivity contribution in [3.05, 3.63) is 77.4 Å². The molecule has 3 aliphatic heterocycles. The van der Waals surface area contributed by atoms with Crippen molar-refractivity contribution in [2.24, 2.45) is 11.3 Å². The van der Waals surface area contributed by atoms with Gasteiger partial charge in [-0.15, -0.1) is 0 Å². The number of hydrogen-bond acceptors (Lipinski definition) is 5. The van der Waals surface area contributed by atoms with Gasteiger partial charge in [0.1, 0.15) is 6.04 Å². The summed E-state index contributed by atoms with van der Waals surface area (Å²) >= 11 is 0. The van der Waals surface area contributed by atoms with Gasteiger partial charge in [-0.3, -0.25) is 19.3 Å². The molecule has 44 heavy (non-hydrogen) atoms. The van der Waals surface area contributed by atoms with E-state index in [2.05, 4.69) is 45.1 Å². The van der Waals surface area contributed by atoms with Crippen molar-refractivity contribution in [1.82, 2.24) is 15.5 Å². The predicted molar refractivity (Wildman–Crippen MR) is 171 cm³/mol. The molecule has 2 aromatic carbocycles. The Morgan fingerprint density at radius 1 is 0.977 bits per heavy atom. The maximum Gasteiger partial charge on any atom is 0.243 e. The van der Waals surface area contributed by atoms with Crippen molar-refractivity contribution < 1.29 is 19.1 Å². The Kier molecular flexibility index (Phi) is 9.77. The van der Waals surface area contributed by atoms with Crippen molar-refractivity contribution in [3.63, 3.8) is 0 Å². The summed E-state index contributed by atoms with van der Waals surface area (Å²) in [6.07, 6.45) is 12.9. The lowest BCUT2D eigenvalue weighted by molar-refractivity contribution is -0.140. The number of amides is 3. The van der Waals surface area contributed by atoms with Crippen molar-refractivity contribution in [3.8, 4) is 0 Å². The molecule has 0 saturated carbocycles. The third kappa shape index (κ3) is 7.41. The number of fused-ring (bicyclic) bond motifs is 2. The molecule has 4 aliphatic rings. The van der Waals surface area contributed by atoms with E-state index >= 15 is 0 Å². The van der Waals surface area contributed by atoms with E-state index in [1.165, 1.54) is 24.0 Å². The molecule has 6 rings (SSSR count). The minimum atomic E-state index is -0.658. The molecule has 3 N–H and O–H groups in total. The number of piperidine rings is 1. The number of ether oxygens (including phenoxy) is 1. The Hall–Kier alpha value is -3.49. The molecule has 1 aliphatic carbocycles. The number of anilines is 1. The molecule has 0 bridgehead atoms. The van der Waals surface area contributed by atoms with Crippen molar-refractivity contribution in [2.45, 2.75) is 76.3 Å². The van der Waals surface area contributed by atoms with E-state index < -0.39 is 11.5 Å². The fourth-order valence-corrected chi connectivity index (χ4v) is 7.41. The first kappa shape index (κ1) is 30.5. The van der Waals surface area contributed by atoms with Gasteiger partial charge in [0.05, 0.1) is 12.0 Å². The average Bonchev–Trinajstić information content (AvgIpc) is 3.04. The summed E-state index contributed by atoms with van der Waals surface area (Å²) in [7, 11) is 0. The summed E-state index contributed by atoms with van der Waals surface area (Å²) in [4.78, 5) is 42.9. The van der Waals surface area contributed by atoms with Crippen LogP contribution in [0.25, 0.3) is 0 Å². The first-order valence-corrected chi connectivity index (χ1v) is 16.5. The number of carbonyl (C=O) groups is 3. The zero-order chi connectivity index (χ0) is 30.4. The molecule has 3 amide bonds. The molecule has 3 heterocycles. The second kappa shape index (κ2) is 14.1. The Labute approximate surface area is 261 Å². The van der Waals surface area contributed by atoms with Gasteiger partial charge in [-0.25, -0.2) is 0 Å². The lowest BCUT2D eigenvalue weighted by Gasteiger charge is -2.40. The second-order valence-corrected chi connectivity index (χ2v) is 13.2. The van der Waals surface area contributed by atoms with Gasteiger partial charge in [0.2, 0.25) is 17.7 Å². The van der Waals surface area contributed by atoms with Crippen LogP contribution >= 0.6 is 0 Å². The molecule has 0 aromatic heterocycles. The fourth-order valence-electron chi connectivity index (χ4n) is 7.41. The third-order valence-electron chi connectivity index (χ3n) is 10.1. The van der Waals surface area contributed by atoms with E-state index in [0.29, 0.717) is 45.4 Å². The molecule has 3 atom stereocenters. The molecule has 8 heteroatoms. The van der Waals surface area contributed by atoms with Crippen LogP contribution in [0.15, 0.2) is 60.7 Å². The zero-order valence-corrected chi connectivity index (χ0v) is 25.7. The van der Waals surface area contributed by atoms with Crippen LogP contribution in [0.5, 0.6) is 0 Å². The van der Waals surface area contributed by atoms with Gasteiger partial charge in [-0.1, -0.05) is 48.6 Å². The molecule has 2 fully saturated rings. The smallest absolute Gasteiger partial charge is 0.243 e. The van der Waals surface area contributed by atoms with Crippen LogP contribution < -0.4 is 16.0 Å². The number of allylic oxidation sites excluding steroid dienone is 2. The van der Waals surface area contributed by atoms with Gasteiger partial charge >= 0.3 is 0 Å². The molecular formula is C36H46N4O4. The molecule has 8 nitrogen and oxygen atoms in total. The molecule has 1 spiro atoms. The summed E-state index contributed by atoms with van der Waals surface area (Å²) in [6, 6.07) is 15.5. The number of carbonyl (C=O) groups excluding carboxylic acids is 3. The summed E-state index contributed by atoms with van der Waals surface area (Å²) in [5.41, 5.74) is 4.07. The Morgan fingerprint density at radius 2 is 1.77 bits per heavy atom. The van der Waals surface area contributed by atoms with E-state index in [9.17, 15) is 14.4 Å². The van der Waals surface area contributed by atoms with Crippen molar-refractivity contribution >= 4 is 23.4 Å². The maximum atomic E-state index is 13.8. The number of aryl methyl sites for hydroxylation is 2. The predicted octanol–water partition coefficient (Wildman–Crippen LogP) is 4.18. The van der Waals surface area contributed by atoms with E-state index in [4.69, 9.17) is 4.74 Å². The topological polar surface area (TPSA) is 99.8 Å². The van der Waals surface area contributed by atoms with Crippen LogP contribution in [0.4, 0.5) is 5.69 Å². The average molecular weight is 599 g/mol.